The van der Waals surface area contributed by atoms with Crippen LogP contribution in [0.3, 0.4) is 0 Å². The highest BCUT2D eigenvalue weighted by Gasteiger charge is 2.23. The first-order valence-corrected chi connectivity index (χ1v) is 9.34. The Hall–Kier alpha value is -2.21. The van der Waals surface area contributed by atoms with Crippen molar-refractivity contribution in [2.75, 3.05) is 29.8 Å². The van der Waals surface area contributed by atoms with Crippen molar-refractivity contribution in [3.63, 3.8) is 0 Å². The lowest BCUT2D eigenvalue weighted by atomic mass is 10.1. The van der Waals surface area contributed by atoms with E-state index in [2.05, 4.69) is 9.62 Å². The van der Waals surface area contributed by atoms with E-state index in [4.69, 9.17) is 4.74 Å². The molecular formula is C18H22N2O3S. The second-order valence-electron chi connectivity index (χ2n) is 6.34. The number of nitrogens with one attached hydrogen (secondary N) is 1. The third kappa shape index (κ3) is 3.19. The second kappa shape index (κ2) is 6.02. The fraction of sp³-hybridized carbons (Fsp3) is 0.333. The van der Waals surface area contributed by atoms with E-state index in [1.165, 1.54) is 0 Å². The van der Waals surface area contributed by atoms with Gasteiger partial charge in [-0.1, -0.05) is 6.07 Å². The predicted octanol–water partition coefficient (Wildman–Crippen LogP) is 3.24. The van der Waals surface area contributed by atoms with Crippen LogP contribution in [0.2, 0.25) is 0 Å². The lowest BCUT2D eigenvalue weighted by molar-refractivity contribution is 0.310. The van der Waals surface area contributed by atoms with Crippen molar-refractivity contribution in [3.05, 3.63) is 47.0 Å². The van der Waals surface area contributed by atoms with Gasteiger partial charge in [0.05, 0.1) is 17.1 Å². The van der Waals surface area contributed by atoms with Crippen LogP contribution < -0.4 is 14.4 Å². The van der Waals surface area contributed by atoms with Crippen molar-refractivity contribution in [3.8, 4) is 5.75 Å². The number of rotatable bonds is 3. The van der Waals surface area contributed by atoms with Gasteiger partial charge in [-0.05, 0) is 55.7 Å². The second-order valence-corrected chi connectivity index (χ2v) is 7.99. The molecule has 24 heavy (non-hydrogen) atoms. The first-order chi connectivity index (χ1) is 11.3. The molecule has 0 saturated carbocycles. The summed E-state index contributed by atoms with van der Waals surface area (Å²) >= 11 is 0. The van der Waals surface area contributed by atoms with Crippen molar-refractivity contribution >= 4 is 21.4 Å². The maximum Gasteiger partial charge on any atom is 0.262 e. The zero-order valence-corrected chi connectivity index (χ0v) is 15.2. The fourth-order valence-corrected chi connectivity index (χ4v) is 4.30. The molecule has 0 bridgehead atoms. The molecule has 2 aromatic carbocycles. The highest BCUT2D eigenvalue weighted by atomic mass is 32.2. The molecule has 0 saturated heterocycles. The van der Waals surface area contributed by atoms with Crippen LogP contribution in [-0.2, 0) is 10.0 Å². The van der Waals surface area contributed by atoms with Crippen molar-refractivity contribution < 1.29 is 13.2 Å². The van der Waals surface area contributed by atoms with Gasteiger partial charge in [0, 0.05) is 18.8 Å². The summed E-state index contributed by atoms with van der Waals surface area (Å²) in [4.78, 5) is 2.32. The van der Waals surface area contributed by atoms with E-state index >= 15 is 0 Å². The summed E-state index contributed by atoms with van der Waals surface area (Å²) in [6.45, 7) is 7.03. The van der Waals surface area contributed by atoms with Crippen molar-refractivity contribution in [2.45, 2.75) is 25.7 Å². The molecule has 0 atom stereocenters. The van der Waals surface area contributed by atoms with Gasteiger partial charge in [0.25, 0.3) is 10.0 Å². The number of hydrogen-bond acceptors (Lipinski definition) is 4. The zero-order valence-electron chi connectivity index (χ0n) is 14.4. The quantitative estimate of drug-likeness (QED) is 0.927. The Morgan fingerprint density at radius 3 is 2.38 bits per heavy atom. The smallest absolute Gasteiger partial charge is 0.262 e. The molecule has 128 valence electrons. The number of hydrogen-bond donors (Lipinski definition) is 1. The van der Waals surface area contributed by atoms with E-state index in [1.807, 2.05) is 45.2 Å². The van der Waals surface area contributed by atoms with Crippen LogP contribution >= 0.6 is 0 Å². The van der Waals surface area contributed by atoms with Gasteiger partial charge in [-0.2, -0.15) is 0 Å². The van der Waals surface area contributed by atoms with Gasteiger partial charge in [0.15, 0.2) is 0 Å². The van der Waals surface area contributed by atoms with Crippen LogP contribution in [0, 0.1) is 20.8 Å². The van der Waals surface area contributed by atoms with Crippen LogP contribution in [-0.4, -0.2) is 28.6 Å². The Bertz CT molecular complexity index is 871. The van der Waals surface area contributed by atoms with E-state index in [9.17, 15) is 8.42 Å². The maximum atomic E-state index is 12.8. The number of anilines is 2. The Morgan fingerprint density at radius 1 is 1.04 bits per heavy atom. The maximum absolute atomic E-state index is 12.8. The summed E-state index contributed by atoms with van der Waals surface area (Å²) in [7, 11) is -1.70. The van der Waals surface area contributed by atoms with Crippen LogP contribution in [0.1, 0.15) is 16.7 Å². The van der Waals surface area contributed by atoms with E-state index < -0.39 is 10.0 Å². The van der Waals surface area contributed by atoms with E-state index in [-0.39, 0.29) is 4.90 Å². The van der Waals surface area contributed by atoms with Gasteiger partial charge in [-0.3, -0.25) is 4.72 Å². The van der Waals surface area contributed by atoms with Gasteiger partial charge >= 0.3 is 0 Å². The number of sulfonamides is 1. The molecule has 0 spiro atoms. The van der Waals surface area contributed by atoms with Crippen LogP contribution in [0.5, 0.6) is 5.75 Å². The molecule has 1 aliphatic heterocycles. The van der Waals surface area contributed by atoms with Crippen molar-refractivity contribution in [1.82, 2.24) is 0 Å². The van der Waals surface area contributed by atoms with Crippen LogP contribution in [0.25, 0.3) is 0 Å². The lowest BCUT2D eigenvalue weighted by Gasteiger charge is -2.28. The SMILES string of the molecule is Cc1cc(C)cc(NS(=O)(=O)c2cc3c(cc2C)N(C)CCO3)c1. The Morgan fingerprint density at radius 2 is 1.71 bits per heavy atom. The van der Waals surface area contributed by atoms with Crippen molar-refractivity contribution in [1.29, 1.82) is 0 Å². The molecule has 0 unspecified atom stereocenters. The monoisotopic (exact) mass is 346 g/mol. The lowest BCUT2D eigenvalue weighted by Crippen LogP contribution is -2.29. The summed E-state index contributed by atoms with van der Waals surface area (Å²) in [5, 5.41) is 0. The third-order valence-electron chi connectivity index (χ3n) is 4.12. The van der Waals surface area contributed by atoms with Gasteiger partial charge in [-0.15, -0.1) is 0 Å². The van der Waals surface area contributed by atoms with E-state index in [1.54, 1.807) is 13.0 Å². The first kappa shape index (κ1) is 16.6. The van der Waals surface area contributed by atoms with Gasteiger partial charge in [0.2, 0.25) is 0 Å². The third-order valence-corrected chi connectivity index (χ3v) is 5.64. The molecule has 2 aromatic rings. The Balaban J connectivity index is 2.00. The number of ether oxygens (including phenoxy) is 1. The zero-order chi connectivity index (χ0) is 17.5. The largest absolute Gasteiger partial charge is 0.490 e. The van der Waals surface area contributed by atoms with E-state index in [0.717, 1.165) is 23.4 Å². The topological polar surface area (TPSA) is 58.6 Å². The summed E-state index contributed by atoms with van der Waals surface area (Å²) in [5.74, 6) is 0.607. The molecule has 6 heteroatoms. The molecule has 1 N–H and O–H groups in total. The molecule has 5 nitrogen and oxygen atoms in total. The summed E-state index contributed by atoms with van der Waals surface area (Å²) in [6, 6.07) is 9.13. The Kier molecular flexibility index (Phi) is 4.17. The summed E-state index contributed by atoms with van der Waals surface area (Å²) < 4.78 is 34.0. The normalized spacial score (nSPS) is 14.1. The average Bonchev–Trinajstić information content (AvgIpc) is 2.46. The highest BCUT2D eigenvalue weighted by Crippen LogP contribution is 2.35. The summed E-state index contributed by atoms with van der Waals surface area (Å²) in [5.41, 5.74) is 4.22. The highest BCUT2D eigenvalue weighted by molar-refractivity contribution is 7.92. The number of likely N-dealkylation sites (N-methyl/N-ethyl adjacent to an activating group) is 1. The van der Waals surface area contributed by atoms with Crippen LogP contribution in [0.4, 0.5) is 11.4 Å². The number of aryl methyl sites for hydroxylation is 3. The minimum Gasteiger partial charge on any atom is -0.490 e. The number of nitrogens with zero attached hydrogens (tertiary/aromatic N) is 1. The van der Waals surface area contributed by atoms with Gasteiger partial charge in [0.1, 0.15) is 12.4 Å². The fourth-order valence-electron chi connectivity index (χ4n) is 3.01. The molecule has 0 aliphatic carbocycles. The molecule has 0 amide bonds. The summed E-state index contributed by atoms with van der Waals surface area (Å²) in [6.07, 6.45) is 0. The van der Waals surface area contributed by atoms with Gasteiger partial charge < -0.3 is 9.64 Å². The number of benzene rings is 2. The first-order valence-electron chi connectivity index (χ1n) is 7.86. The standard InChI is InChI=1S/C18H22N2O3S/c1-12-7-13(2)9-15(8-12)19-24(21,22)18-11-17-16(10-14(18)3)20(4)5-6-23-17/h7-11,19H,5-6H2,1-4H3. The molecule has 3 rings (SSSR count). The molecule has 1 heterocycles. The predicted molar refractivity (Wildman–Crippen MR) is 96.7 cm³/mol. The minimum absolute atomic E-state index is 0.246. The molecule has 0 aromatic heterocycles. The molecular weight excluding hydrogens is 324 g/mol. The Labute approximate surface area is 143 Å². The average molecular weight is 346 g/mol. The minimum atomic E-state index is -3.68. The molecule has 1 aliphatic rings. The molecule has 0 fully saturated rings. The van der Waals surface area contributed by atoms with Crippen molar-refractivity contribution in [2.24, 2.45) is 0 Å². The van der Waals surface area contributed by atoms with Crippen LogP contribution in [0.15, 0.2) is 35.2 Å². The van der Waals surface area contributed by atoms with Gasteiger partial charge in [-0.25, -0.2) is 8.42 Å². The van der Waals surface area contributed by atoms with E-state index in [0.29, 0.717) is 23.6 Å². The molecule has 0 radical (unpaired) electrons. The number of fused-ring (bicyclic) bond motifs is 1.